The number of nitrogens with zero attached hydrogens (tertiary/aromatic N) is 3. The number of pyridine rings is 1. The van der Waals surface area contributed by atoms with Gasteiger partial charge in [0.15, 0.2) is 5.65 Å². The highest BCUT2D eigenvalue weighted by Gasteiger charge is 2.33. The first kappa shape index (κ1) is 12.6. The molecule has 0 aliphatic carbocycles. The zero-order valence-electron chi connectivity index (χ0n) is 10.3. The Balaban J connectivity index is 2.44. The summed E-state index contributed by atoms with van der Waals surface area (Å²) in [4.78, 5) is 17.9. The van der Waals surface area contributed by atoms with Gasteiger partial charge in [0.1, 0.15) is 11.3 Å². The van der Waals surface area contributed by atoms with E-state index in [0.29, 0.717) is 17.8 Å². The third-order valence-corrected chi connectivity index (χ3v) is 2.97. The van der Waals surface area contributed by atoms with Gasteiger partial charge in [-0.25, -0.2) is 4.98 Å². The Labute approximate surface area is 110 Å². The van der Waals surface area contributed by atoms with Crippen molar-refractivity contribution in [1.29, 1.82) is 0 Å². The summed E-state index contributed by atoms with van der Waals surface area (Å²) < 4.78 is 39.4. The summed E-state index contributed by atoms with van der Waals surface area (Å²) >= 11 is 0. The van der Waals surface area contributed by atoms with E-state index in [1.807, 2.05) is 6.92 Å². The van der Waals surface area contributed by atoms with Crippen LogP contribution in [0.15, 0.2) is 23.0 Å². The van der Waals surface area contributed by atoms with Crippen molar-refractivity contribution >= 4 is 16.7 Å². The molecule has 20 heavy (non-hydrogen) atoms. The second-order valence-corrected chi connectivity index (χ2v) is 4.31. The van der Waals surface area contributed by atoms with Gasteiger partial charge in [0, 0.05) is 6.07 Å². The van der Waals surface area contributed by atoms with Gasteiger partial charge >= 0.3 is 6.18 Å². The van der Waals surface area contributed by atoms with Crippen LogP contribution in [0.3, 0.4) is 0 Å². The molecule has 0 spiro atoms. The first-order chi connectivity index (χ1) is 9.40. The highest BCUT2D eigenvalue weighted by atomic mass is 19.4. The average Bonchev–Trinajstić information content (AvgIpc) is 2.80. The van der Waals surface area contributed by atoms with Crippen LogP contribution in [0, 0.1) is 0 Å². The molecule has 0 amide bonds. The quantitative estimate of drug-likeness (QED) is 0.744. The first-order valence-corrected chi connectivity index (χ1v) is 5.89. The molecule has 3 rings (SSSR count). The van der Waals surface area contributed by atoms with E-state index in [1.54, 1.807) is 6.07 Å². The number of aromatic amines is 1. The summed E-state index contributed by atoms with van der Waals surface area (Å²) in [5.74, 6) is 0. The Morgan fingerprint density at radius 3 is 2.75 bits per heavy atom. The lowest BCUT2D eigenvalue weighted by Gasteiger charge is -2.07. The van der Waals surface area contributed by atoms with Gasteiger partial charge < -0.3 is 4.98 Å². The van der Waals surface area contributed by atoms with Crippen LogP contribution < -0.4 is 5.56 Å². The molecule has 3 aromatic heterocycles. The fourth-order valence-electron chi connectivity index (χ4n) is 1.98. The van der Waals surface area contributed by atoms with E-state index in [1.165, 1.54) is 4.52 Å². The molecule has 1 N–H and O–H groups in total. The van der Waals surface area contributed by atoms with Crippen LogP contribution in [0.4, 0.5) is 13.2 Å². The number of nitrogens with one attached hydrogen (secondary N) is 1. The Kier molecular flexibility index (Phi) is 2.56. The molecule has 0 aromatic carbocycles. The van der Waals surface area contributed by atoms with E-state index in [4.69, 9.17) is 0 Å². The van der Waals surface area contributed by atoms with Gasteiger partial charge in [0.2, 0.25) is 0 Å². The van der Waals surface area contributed by atoms with E-state index in [-0.39, 0.29) is 11.0 Å². The minimum Gasteiger partial charge on any atom is -0.306 e. The van der Waals surface area contributed by atoms with Gasteiger partial charge in [-0.05, 0) is 18.6 Å². The van der Waals surface area contributed by atoms with Gasteiger partial charge in [0.25, 0.3) is 5.56 Å². The number of rotatable bonds is 1. The summed E-state index contributed by atoms with van der Waals surface area (Å²) in [7, 11) is 0. The molecule has 3 aromatic rings. The van der Waals surface area contributed by atoms with Crippen LogP contribution in [0.2, 0.25) is 0 Å². The van der Waals surface area contributed by atoms with Crippen molar-refractivity contribution in [3.8, 4) is 0 Å². The van der Waals surface area contributed by atoms with Crippen LogP contribution in [-0.4, -0.2) is 19.6 Å². The molecule has 0 aliphatic heterocycles. The smallest absolute Gasteiger partial charge is 0.306 e. The zero-order chi connectivity index (χ0) is 14.5. The van der Waals surface area contributed by atoms with Crippen molar-refractivity contribution in [2.24, 2.45) is 0 Å². The van der Waals surface area contributed by atoms with Crippen molar-refractivity contribution in [3.63, 3.8) is 0 Å². The predicted octanol–water partition coefficient (Wildman–Crippen LogP) is 2.15. The van der Waals surface area contributed by atoms with Crippen LogP contribution in [0.1, 0.15) is 18.3 Å². The molecular formula is C12H9F3N4O. The molecule has 0 saturated carbocycles. The highest BCUT2D eigenvalue weighted by Crippen LogP contribution is 2.28. The summed E-state index contributed by atoms with van der Waals surface area (Å²) in [6.45, 7) is 1.86. The maximum absolute atomic E-state index is 12.7. The molecule has 0 unspecified atom stereocenters. The van der Waals surface area contributed by atoms with Gasteiger partial charge in [-0.3, -0.25) is 4.79 Å². The summed E-state index contributed by atoms with van der Waals surface area (Å²) in [5, 5.41) is 4.21. The number of aromatic nitrogens is 4. The van der Waals surface area contributed by atoms with E-state index in [0.717, 1.165) is 12.1 Å². The molecule has 0 atom stereocenters. The molecule has 0 aliphatic rings. The molecular weight excluding hydrogens is 273 g/mol. The first-order valence-electron chi connectivity index (χ1n) is 5.89. The minimum absolute atomic E-state index is 0.0660. The molecule has 104 valence electrons. The summed E-state index contributed by atoms with van der Waals surface area (Å²) in [6.07, 6.45) is -3.96. The van der Waals surface area contributed by atoms with E-state index in [2.05, 4.69) is 15.1 Å². The van der Waals surface area contributed by atoms with Crippen molar-refractivity contribution < 1.29 is 13.2 Å². The lowest BCUT2D eigenvalue weighted by molar-refractivity contribution is -0.141. The fourth-order valence-corrected chi connectivity index (χ4v) is 1.98. The van der Waals surface area contributed by atoms with Crippen LogP contribution in [0.5, 0.6) is 0 Å². The number of fused-ring (bicyclic) bond motifs is 3. The van der Waals surface area contributed by atoms with Crippen molar-refractivity contribution in [2.75, 3.05) is 0 Å². The van der Waals surface area contributed by atoms with Crippen molar-refractivity contribution in [2.45, 2.75) is 19.5 Å². The van der Waals surface area contributed by atoms with Crippen molar-refractivity contribution in [3.05, 3.63) is 39.9 Å². The van der Waals surface area contributed by atoms with Gasteiger partial charge in [-0.2, -0.15) is 22.8 Å². The number of alkyl halides is 3. The number of hydrogen-bond acceptors (Lipinski definition) is 3. The van der Waals surface area contributed by atoms with Crippen LogP contribution >= 0.6 is 0 Å². The Morgan fingerprint density at radius 1 is 1.35 bits per heavy atom. The third-order valence-electron chi connectivity index (χ3n) is 2.97. The predicted molar refractivity (Wildman–Crippen MR) is 65.5 cm³/mol. The largest absolute Gasteiger partial charge is 0.433 e. The van der Waals surface area contributed by atoms with E-state index >= 15 is 0 Å². The monoisotopic (exact) mass is 282 g/mol. The number of hydrogen-bond donors (Lipinski definition) is 1. The number of aryl methyl sites for hydroxylation is 1. The second kappa shape index (κ2) is 4.06. The summed E-state index contributed by atoms with van der Waals surface area (Å²) in [6, 6.07) is 3.51. The second-order valence-electron chi connectivity index (χ2n) is 4.31. The normalized spacial score (nSPS) is 12.4. The van der Waals surface area contributed by atoms with Gasteiger partial charge in [0.05, 0.1) is 11.1 Å². The topological polar surface area (TPSA) is 63.0 Å². The van der Waals surface area contributed by atoms with Crippen molar-refractivity contribution in [1.82, 2.24) is 19.6 Å². The summed E-state index contributed by atoms with van der Waals surface area (Å²) in [5.41, 5.74) is -0.654. The maximum atomic E-state index is 12.7. The molecule has 0 saturated heterocycles. The molecule has 0 bridgehead atoms. The van der Waals surface area contributed by atoms with Crippen LogP contribution in [-0.2, 0) is 12.6 Å². The third kappa shape index (κ3) is 1.84. The van der Waals surface area contributed by atoms with E-state index in [9.17, 15) is 18.0 Å². The standard InChI is InChI=1S/C12H9F3N4O/c1-2-6-5-9-17-11(20)7-3-4-8(12(13,14)15)16-10(7)19(9)18-6/h3-5H,2H2,1H3,(H,17,20). The molecule has 5 nitrogen and oxygen atoms in total. The van der Waals surface area contributed by atoms with E-state index < -0.39 is 17.4 Å². The van der Waals surface area contributed by atoms with Gasteiger partial charge in [-0.1, -0.05) is 6.92 Å². The minimum atomic E-state index is -4.57. The fraction of sp³-hybridized carbons (Fsp3) is 0.250. The average molecular weight is 282 g/mol. The Morgan fingerprint density at radius 2 is 2.10 bits per heavy atom. The SMILES string of the molecule is CCc1cc2[nH]c(=O)c3ccc(C(F)(F)F)nc3n2n1. The Bertz CT molecular complexity index is 863. The zero-order valence-corrected chi connectivity index (χ0v) is 10.3. The molecule has 0 fully saturated rings. The maximum Gasteiger partial charge on any atom is 0.433 e. The Hall–Kier alpha value is -2.38. The molecule has 0 radical (unpaired) electrons. The number of H-pyrrole nitrogens is 1. The van der Waals surface area contributed by atoms with Gasteiger partial charge in [-0.15, -0.1) is 0 Å². The lowest BCUT2D eigenvalue weighted by Crippen LogP contribution is -2.14. The highest BCUT2D eigenvalue weighted by molar-refractivity contribution is 5.76. The molecule has 8 heteroatoms. The van der Waals surface area contributed by atoms with Crippen LogP contribution in [0.25, 0.3) is 16.7 Å². The molecule has 3 heterocycles. The number of halogens is 3. The lowest BCUT2D eigenvalue weighted by atomic mass is 10.3.